The van der Waals surface area contributed by atoms with Crippen molar-refractivity contribution in [2.45, 2.75) is 64.8 Å². The fourth-order valence-electron chi connectivity index (χ4n) is 5.72. The van der Waals surface area contributed by atoms with Crippen LogP contribution in [0.15, 0.2) is 91.0 Å². The van der Waals surface area contributed by atoms with Crippen molar-refractivity contribution in [3.8, 4) is 17.2 Å². The molecule has 0 aliphatic rings. The lowest BCUT2D eigenvalue weighted by atomic mass is 9.87. The molecule has 4 rings (SSSR count). The van der Waals surface area contributed by atoms with Crippen molar-refractivity contribution in [3.05, 3.63) is 124 Å². The Labute approximate surface area is 278 Å². The van der Waals surface area contributed by atoms with Gasteiger partial charge in [0.05, 0.1) is 32.8 Å². The molecule has 0 fully saturated rings. The van der Waals surface area contributed by atoms with Crippen molar-refractivity contribution in [1.29, 1.82) is 0 Å². The van der Waals surface area contributed by atoms with Crippen LogP contribution in [-0.2, 0) is 41.7 Å². The Morgan fingerprint density at radius 1 is 0.723 bits per heavy atom. The van der Waals surface area contributed by atoms with Gasteiger partial charge >= 0.3 is 5.97 Å². The van der Waals surface area contributed by atoms with Crippen LogP contribution in [0.4, 0.5) is 0 Å². The lowest BCUT2D eigenvalue weighted by molar-refractivity contribution is -0.132. The van der Waals surface area contributed by atoms with Crippen LogP contribution in [0.25, 0.3) is 0 Å². The number of esters is 1. The first-order valence-corrected chi connectivity index (χ1v) is 16.3. The van der Waals surface area contributed by atoms with Crippen molar-refractivity contribution >= 4 is 11.9 Å². The van der Waals surface area contributed by atoms with Gasteiger partial charge in [0.25, 0.3) is 0 Å². The minimum atomic E-state index is -0.479. The van der Waals surface area contributed by atoms with Crippen molar-refractivity contribution in [2.24, 2.45) is 5.92 Å². The van der Waals surface area contributed by atoms with E-state index in [1.165, 1.54) is 6.92 Å². The molecule has 1 unspecified atom stereocenters. The van der Waals surface area contributed by atoms with Crippen LogP contribution in [0, 0.1) is 5.92 Å². The molecule has 0 saturated heterocycles. The highest BCUT2D eigenvalue weighted by molar-refractivity contribution is 5.84. The minimum Gasteiger partial charge on any atom is -0.497 e. The van der Waals surface area contributed by atoms with E-state index < -0.39 is 5.92 Å². The molecule has 0 aromatic heterocycles. The van der Waals surface area contributed by atoms with Gasteiger partial charge in [0.1, 0.15) is 17.2 Å². The molecule has 47 heavy (non-hydrogen) atoms. The first-order valence-electron chi connectivity index (χ1n) is 16.3. The average molecular weight is 638 g/mol. The number of ether oxygens (including phenoxy) is 3. The molecule has 1 amide bonds. The van der Waals surface area contributed by atoms with Crippen LogP contribution in [0.2, 0.25) is 0 Å². The van der Waals surface area contributed by atoms with Gasteiger partial charge in [-0.1, -0.05) is 80.6 Å². The highest BCUT2D eigenvalue weighted by atomic mass is 16.5. The van der Waals surface area contributed by atoms with Gasteiger partial charge in [-0.3, -0.25) is 9.59 Å². The Kier molecular flexibility index (Phi) is 13.0. The summed E-state index contributed by atoms with van der Waals surface area (Å²) < 4.78 is 16.6. The van der Waals surface area contributed by atoms with Gasteiger partial charge in [0, 0.05) is 6.92 Å². The molecule has 0 aliphatic carbocycles. The highest BCUT2D eigenvalue weighted by Gasteiger charge is 2.26. The van der Waals surface area contributed by atoms with E-state index in [2.05, 4.69) is 17.4 Å². The van der Waals surface area contributed by atoms with E-state index >= 15 is 0 Å². The zero-order valence-electron chi connectivity index (χ0n) is 28.1. The molecule has 0 radical (unpaired) electrons. The first kappa shape index (κ1) is 35.2. The Bertz CT molecular complexity index is 1510. The second-order valence-electron chi connectivity index (χ2n) is 12.2. The summed E-state index contributed by atoms with van der Waals surface area (Å²) in [5.41, 5.74) is 5.98. The number of rotatable bonds is 16. The van der Waals surface area contributed by atoms with Crippen LogP contribution in [0.3, 0.4) is 0 Å². The number of amides is 1. The molecule has 0 saturated carbocycles. The van der Waals surface area contributed by atoms with Crippen LogP contribution in [0.5, 0.6) is 17.2 Å². The average Bonchev–Trinajstić information content (AvgIpc) is 3.09. The van der Waals surface area contributed by atoms with Gasteiger partial charge in [0.15, 0.2) is 0 Å². The maximum absolute atomic E-state index is 13.8. The van der Waals surface area contributed by atoms with Gasteiger partial charge in [-0.2, -0.15) is 0 Å². The van der Waals surface area contributed by atoms with Crippen molar-refractivity contribution in [3.63, 3.8) is 0 Å². The molecular weight excluding hydrogens is 590 g/mol. The molecule has 0 bridgehead atoms. The molecule has 0 spiro atoms. The third-order valence-corrected chi connectivity index (χ3v) is 8.52. The summed E-state index contributed by atoms with van der Waals surface area (Å²) in [5.74, 6) is 1.27. The van der Waals surface area contributed by atoms with Crippen molar-refractivity contribution in [2.75, 3.05) is 20.8 Å². The number of hydrogen-bond donors (Lipinski definition) is 2. The summed E-state index contributed by atoms with van der Waals surface area (Å²) in [6.07, 6.45) is 3.18. The van der Waals surface area contributed by atoms with Crippen LogP contribution in [-0.4, -0.2) is 43.9 Å². The maximum atomic E-state index is 13.8. The topological polar surface area (TPSA) is 94.1 Å². The lowest BCUT2D eigenvalue weighted by Gasteiger charge is -2.25. The third kappa shape index (κ3) is 10.2. The van der Waals surface area contributed by atoms with Gasteiger partial charge in [0.2, 0.25) is 5.91 Å². The fraction of sp³-hybridized carbons (Fsp3) is 0.350. The summed E-state index contributed by atoms with van der Waals surface area (Å²) in [6, 6.07) is 29.5. The van der Waals surface area contributed by atoms with Crippen molar-refractivity contribution in [1.82, 2.24) is 5.32 Å². The third-order valence-electron chi connectivity index (χ3n) is 8.52. The first-order chi connectivity index (χ1) is 22.7. The van der Waals surface area contributed by atoms with E-state index in [9.17, 15) is 14.7 Å². The summed E-state index contributed by atoms with van der Waals surface area (Å²) in [7, 11) is 3.30. The largest absolute Gasteiger partial charge is 0.497 e. The quantitative estimate of drug-likeness (QED) is 0.105. The lowest BCUT2D eigenvalue weighted by Crippen LogP contribution is -2.43. The number of aryl methyl sites for hydroxylation is 4. The Morgan fingerprint density at radius 3 is 1.66 bits per heavy atom. The number of carbonyl (C=O) groups is 2. The second kappa shape index (κ2) is 17.3. The van der Waals surface area contributed by atoms with E-state index in [0.717, 1.165) is 57.7 Å². The maximum Gasteiger partial charge on any atom is 0.308 e. The van der Waals surface area contributed by atoms with Crippen LogP contribution in [0.1, 0.15) is 60.1 Å². The van der Waals surface area contributed by atoms with E-state index in [1.807, 2.05) is 92.7 Å². The predicted octanol–water partition coefficient (Wildman–Crippen LogP) is 6.66. The molecule has 248 valence electrons. The number of methoxy groups -OCH3 is 2. The van der Waals surface area contributed by atoms with Crippen molar-refractivity contribution < 1.29 is 28.9 Å². The Balaban J connectivity index is 1.73. The SMILES string of the molecule is COc1ccc(CCc2cc(CC(C(=O)N[C@H](CO)C(C)C)c3ccccc3)cc(CCc3ccc(OC)cc3)c2OC(C)=O)cc1. The van der Waals surface area contributed by atoms with Crippen LogP contribution < -0.4 is 19.5 Å². The molecule has 7 heteroatoms. The molecule has 2 N–H and O–H groups in total. The molecule has 4 aromatic carbocycles. The number of aliphatic hydroxyl groups is 1. The number of benzene rings is 4. The zero-order valence-corrected chi connectivity index (χ0v) is 28.1. The number of carbonyl (C=O) groups excluding carboxylic acids is 2. The molecule has 0 heterocycles. The summed E-state index contributed by atoms with van der Waals surface area (Å²) in [5, 5.41) is 13.0. The normalized spacial score (nSPS) is 12.3. The number of aliphatic hydroxyl groups excluding tert-OH is 1. The molecule has 4 aromatic rings. The highest BCUT2D eigenvalue weighted by Crippen LogP contribution is 2.32. The van der Waals surface area contributed by atoms with Gasteiger partial charge in [-0.25, -0.2) is 0 Å². The van der Waals surface area contributed by atoms with E-state index in [-0.39, 0.29) is 30.4 Å². The van der Waals surface area contributed by atoms with Gasteiger partial charge < -0.3 is 24.6 Å². The summed E-state index contributed by atoms with van der Waals surface area (Å²) in [6.45, 7) is 5.26. The summed E-state index contributed by atoms with van der Waals surface area (Å²) >= 11 is 0. The Hall–Kier alpha value is -4.62. The second-order valence-corrected chi connectivity index (χ2v) is 12.2. The standard InChI is InChI=1S/C40H47NO6/c1-27(2)38(26-42)41-40(44)37(32-9-7-6-8-10-32)25-31-23-33(17-11-29-13-19-35(45-4)20-14-29)39(47-28(3)43)34(24-31)18-12-30-15-21-36(46-5)22-16-30/h6-10,13-16,19-24,27,37-38,42H,11-12,17-18,25-26H2,1-5H3,(H,41,44)/t37?,38-/m1/s1. The molecule has 2 atom stereocenters. The number of hydrogen-bond acceptors (Lipinski definition) is 6. The van der Waals surface area contributed by atoms with E-state index in [0.29, 0.717) is 25.0 Å². The Morgan fingerprint density at radius 2 is 1.23 bits per heavy atom. The minimum absolute atomic E-state index is 0.0810. The summed E-state index contributed by atoms with van der Waals surface area (Å²) in [4.78, 5) is 26.2. The van der Waals surface area contributed by atoms with Gasteiger partial charge in [-0.15, -0.1) is 0 Å². The number of nitrogens with one attached hydrogen (secondary N) is 1. The molecule has 0 aliphatic heterocycles. The van der Waals surface area contributed by atoms with E-state index in [4.69, 9.17) is 14.2 Å². The zero-order chi connectivity index (χ0) is 33.8. The smallest absolute Gasteiger partial charge is 0.308 e. The molecule has 7 nitrogen and oxygen atoms in total. The monoisotopic (exact) mass is 637 g/mol. The molecular formula is C40H47NO6. The predicted molar refractivity (Wildman–Crippen MR) is 185 cm³/mol. The van der Waals surface area contributed by atoms with E-state index in [1.54, 1.807) is 14.2 Å². The van der Waals surface area contributed by atoms with Gasteiger partial charge in [-0.05, 0) is 95.7 Å². The van der Waals surface area contributed by atoms with Crippen LogP contribution >= 0.6 is 0 Å². The fourth-order valence-corrected chi connectivity index (χ4v) is 5.72.